The van der Waals surface area contributed by atoms with Crippen molar-refractivity contribution in [3.8, 4) is 11.8 Å². The van der Waals surface area contributed by atoms with Gasteiger partial charge in [0.1, 0.15) is 0 Å². The first-order valence-corrected chi connectivity index (χ1v) is 6.50. The second kappa shape index (κ2) is 10.4. The van der Waals surface area contributed by atoms with Crippen LogP contribution in [0, 0.1) is 11.8 Å². The lowest BCUT2D eigenvalue weighted by Gasteiger charge is -2.18. The van der Waals surface area contributed by atoms with E-state index in [2.05, 4.69) is 30.9 Å². The zero-order valence-corrected chi connectivity index (χ0v) is 11.8. The lowest BCUT2D eigenvalue weighted by molar-refractivity contribution is -0.146. The maximum atomic E-state index is 5.57. The summed E-state index contributed by atoms with van der Waals surface area (Å²) in [6.07, 6.45) is 7.13. The van der Waals surface area contributed by atoms with E-state index in [1.807, 2.05) is 27.7 Å². The Morgan fingerprint density at radius 2 is 1.59 bits per heavy atom. The topological polar surface area (TPSA) is 18.5 Å². The number of ether oxygens (including phenoxy) is 2. The third-order valence-corrected chi connectivity index (χ3v) is 1.85. The fourth-order valence-electron chi connectivity index (χ4n) is 1.19. The molecule has 0 radical (unpaired) electrons. The molecule has 2 heteroatoms. The van der Waals surface area contributed by atoms with Crippen molar-refractivity contribution in [3.05, 3.63) is 12.2 Å². The highest BCUT2D eigenvalue weighted by molar-refractivity contribution is 5.03. The van der Waals surface area contributed by atoms with Gasteiger partial charge in [0.25, 0.3) is 0 Å². The van der Waals surface area contributed by atoms with E-state index in [9.17, 15) is 0 Å². The number of hydrogen-bond donors (Lipinski definition) is 0. The van der Waals surface area contributed by atoms with Crippen molar-refractivity contribution in [2.24, 2.45) is 0 Å². The first-order chi connectivity index (χ1) is 8.06. The van der Waals surface area contributed by atoms with Crippen LogP contribution in [0.1, 0.15) is 53.9 Å². The zero-order valence-electron chi connectivity index (χ0n) is 11.8. The first-order valence-electron chi connectivity index (χ1n) is 6.50. The molecule has 17 heavy (non-hydrogen) atoms. The van der Waals surface area contributed by atoms with Crippen molar-refractivity contribution in [1.29, 1.82) is 0 Å². The Kier molecular flexibility index (Phi) is 9.90. The van der Waals surface area contributed by atoms with Crippen LogP contribution in [-0.4, -0.2) is 18.5 Å². The van der Waals surface area contributed by atoms with E-state index in [0.717, 1.165) is 19.3 Å². The summed E-state index contributed by atoms with van der Waals surface area (Å²) in [6.45, 7) is 10.1. The Hall–Kier alpha value is -0.780. The van der Waals surface area contributed by atoms with Gasteiger partial charge in [-0.2, -0.15) is 0 Å². The van der Waals surface area contributed by atoms with Crippen LogP contribution in [0.4, 0.5) is 0 Å². The number of hydrogen-bond acceptors (Lipinski definition) is 2. The SMILES string of the molecule is CC/C=C/CCC#CC(OC(C)C)OC(C)C. The lowest BCUT2D eigenvalue weighted by Crippen LogP contribution is -2.22. The quantitative estimate of drug-likeness (QED) is 0.290. The normalized spacial score (nSPS) is 11.5. The number of rotatable bonds is 7. The second-order valence-electron chi connectivity index (χ2n) is 4.44. The summed E-state index contributed by atoms with van der Waals surface area (Å²) < 4.78 is 11.1. The Morgan fingerprint density at radius 1 is 1.00 bits per heavy atom. The van der Waals surface area contributed by atoms with E-state index >= 15 is 0 Å². The number of allylic oxidation sites excluding steroid dienone is 2. The molecule has 0 fully saturated rings. The molecule has 0 unspecified atom stereocenters. The third kappa shape index (κ3) is 11.5. The van der Waals surface area contributed by atoms with Crippen molar-refractivity contribution < 1.29 is 9.47 Å². The summed E-state index contributed by atoms with van der Waals surface area (Å²) in [6, 6.07) is 0. The summed E-state index contributed by atoms with van der Waals surface area (Å²) in [4.78, 5) is 0. The summed E-state index contributed by atoms with van der Waals surface area (Å²) in [5, 5.41) is 0. The van der Waals surface area contributed by atoms with Gasteiger partial charge in [0.15, 0.2) is 0 Å². The average molecular weight is 238 g/mol. The van der Waals surface area contributed by atoms with Gasteiger partial charge >= 0.3 is 0 Å². The highest BCUT2D eigenvalue weighted by atomic mass is 16.7. The minimum absolute atomic E-state index is 0.132. The molecule has 0 spiro atoms. The van der Waals surface area contributed by atoms with Gasteiger partial charge in [0.2, 0.25) is 6.29 Å². The van der Waals surface area contributed by atoms with Gasteiger partial charge in [0, 0.05) is 6.42 Å². The highest BCUT2D eigenvalue weighted by Crippen LogP contribution is 2.03. The standard InChI is InChI=1S/C15H26O2/c1-6-7-8-9-10-11-12-15(16-13(2)3)17-14(4)5/h7-8,13-15H,6,9-10H2,1-5H3/b8-7+. The van der Waals surface area contributed by atoms with Gasteiger partial charge in [-0.1, -0.05) is 25.0 Å². The molecule has 0 heterocycles. The van der Waals surface area contributed by atoms with Crippen molar-refractivity contribution in [2.75, 3.05) is 0 Å². The van der Waals surface area contributed by atoms with Crippen molar-refractivity contribution in [1.82, 2.24) is 0 Å². The summed E-state index contributed by atoms with van der Waals surface area (Å²) >= 11 is 0. The molecule has 2 nitrogen and oxygen atoms in total. The fourth-order valence-corrected chi connectivity index (χ4v) is 1.19. The molecule has 98 valence electrons. The first kappa shape index (κ1) is 16.2. The molecule has 0 aromatic heterocycles. The highest BCUT2D eigenvalue weighted by Gasteiger charge is 2.09. The van der Waals surface area contributed by atoms with Crippen LogP contribution in [0.15, 0.2) is 12.2 Å². The third-order valence-electron chi connectivity index (χ3n) is 1.85. The monoisotopic (exact) mass is 238 g/mol. The molecule has 0 bridgehead atoms. The molecule has 0 amide bonds. The van der Waals surface area contributed by atoms with Crippen molar-refractivity contribution >= 4 is 0 Å². The van der Waals surface area contributed by atoms with E-state index in [1.54, 1.807) is 0 Å². The van der Waals surface area contributed by atoms with Gasteiger partial charge < -0.3 is 9.47 Å². The van der Waals surface area contributed by atoms with Crippen molar-refractivity contribution in [3.63, 3.8) is 0 Å². The molecule has 0 rings (SSSR count). The second-order valence-corrected chi connectivity index (χ2v) is 4.44. The largest absolute Gasteiger partial charge is 0.339 e. The Morgan fingerprint density at radius 3 is 2.06 bits per heavy atom. The average Bonchev–Trinajstić information content (AvgIpc) is 2.21. The van der Waals surface area contributed by atoms with E-state index in [1.165, 1.54) is 0 Å². The minimum atomic E-state index is -0.398. The molecule has 0 saturated carbocycles. The molecule has 0 aliphatic rings. The summed E-state index contributed by atoms with van der Waals surface area (Å²) in [7, 11) is 0. The molecule has 0 aliphatic heterocycles. The summed E-state index contributed by atoms with van der Waals surface area (Å²) in [5.41, 5.74) is 0. The lowest BCUT2D eigenvalue weighted by atomic mass is 10.2. The molecule has 0 aliphatic carbocycles. The molecule has 0 aromatic carbocycles. The van der Waals surface area contributed by atoms with Crippen LogP contribution in [-0.2, 0) is 9.47 Å². The zero-order chi connectivity index (χ0) is 13.1. The fraction of sp³-hybridized carbons (Fsp3) is 0.733. The predicted molar refractivity (Wildman–Crippen MR) is 72.7 cm³/mol. The van der Waals surface area contributed by atoms with Crippen LogP contribution in [0.5, 0.6) is 0 Å². The van der Waals surface area contributed by atoms with Gasteiger partial charge in [0.05, 0.1) is 12.2 Å². The van der Waals surface area contributed by atoms with E-state index in [-0.39, 0.29) is 12.2 Å². The maximum absolute atomic E-state index is 5.57. The van der Waals surface area contributed by atoms with Crippen LogP contribution < -0.4 is 0 Å². The van der Waals surface area contributed by atoms with Crippen LogP contribution in [0.3, 0.4) is 0 Å². The van der Waals surface area contributed by atoms with Crippen LogP contribution >= 0.6 is 0 Å². The van der Waals surface area contributed by atoms with Crippen LogP contribution in [0.2, 0.25) is 0 Å². The van der Waals surface area contributed by atoms with Gasteiger partial charge in [-0.25, -0.2) is 0 Å². The summed E-state index contributed by atoms with van der Waals surface area (Å²) in [5.74, 6) is 6.13. The van der Waals surface area contributed by atoms with E-state index in [0.29, 0.717) is 0 Å². The van der Waals surface area contributed by atoms with Crippen LogP contribution in [0.25, 0.3) is 0 Å². The number of unbranched alkanes of at least 4 members (excludes halogenated alkanes) is 1. The van der Waals surface area contributed by atoms with Gasteiger partial charge in [-0.15, -0.1) is 0 Å². The molecule has 0 N–H and O–H groups in total. The van der Waals surface area contributed by atoms with Crippen molar-refractivity contribution in [2.45, 2.75) is 72.4 Å². The Bertz CT molecular complexity index is 246. The molecule has 0 atom stereocenters. The Balaban J connectivity index is 4.04. The minimum Gasteiger partial charge on any atom is -0.339 e. The smallest absolute Gasteiger partial charge is 0.222 e. The molecular formula is C15H26O2. The maximum Gasteiger partial charge on any atom is 0.222 e. The molecular weight excluding hydrogens is 212 g/mol. The van der Waals surface area contributed by atoms with E-state index < -0.39 is 6.29 Å². The predicted octanol–water partition coefficient (Wildman–Crippen LogP) is 3.91. The molecule has 0 aromatic rings. The Labute approximate surface area is 106 Å². The molecule has 0 saturated heterocycles. The van der Waals surface area contributed by atoms with Gasteiger partial charge in [-0.3, -0.25) is 0 Å². The van der Waals surface area contributed by atoms with Gasteiger partial charge in [-0.05, 0) is 46.5 Å². The van der Waals surface area contributed by atoms with E-state index in [4.69, 9.17) is 9.47 Å².